The number of benzene rings is 2. The van der Waals surface area contributed by atoms with E-state index in [-0.39, 0.29) is 16.8 Å². The number of hydrogen-bond donors (Lipinski definition) is 0. The molecule has 4 nitrogen and oxygen atoms in total. The maximum atomic E-state index is 13.2. The quantitative estimate of drug-likeness (QED) is 0.508. The van der Waals surface area contributed by atoms with E-state index in [1.807, 2.05) is 36.4 Å². The lowest BCUT2D eigenvalue weighted by Crippen LogP contribution is -2.28. The summed E-state index contributed by atoms with van der Waals surface area (Å²) >= 11 is 0. The summed E-state index contributed by atoms with van der Waals surface area (Å²) in [6, 6.07) is 17.7. The van der Waals surface area contributed by atoms with Gasteiger partial charge in [0.25, 0.3) is 0 Å². The predicted octanol–water partition coefficient (Wildman–Crippen LogP) is 5.24. The second-order valence-corrected chi connectivity index (χ2v) is 8.38. The van der Waals surface area contributed by atoms with Gasteiger partial charge in [-0.3, -0.25) is 4.79 Å². The van der Waals surface area contributed by atoms with Crippen molar-refractivity contribution in [1.29, 1.82) is 10.5 Å². The Morgan fingerprint density at radius 3 is 2.55 bits per heavy atom. The number of para-hydroxylation sites is 1. The predicted molar refractivity (Wildman–Crippen MR) is 120 cm³/mol. The Kier molecular flexibility index (Phi) is 4.20. The zero-order valence-corrected chi connectivity index (χ0v) is 17.6. The van der Waals surface area contributed by atoms with E-state index in [0.29, 0.717) is 22.3 Å². The van der Waals surface area contributed by atoms with Gasteiger partial charge in [-0.25, -0.2) is 0 Å². The van der Waals surface area contributed by atoms with E-state index in [1.54, 1.807) is 12.1 Å². The average Bonchev–Trinajstić information content (AvgIpc) is 3.42. The topological polar surface area (TPSA) is 67.9 Å². The monoisotopic (exact) mass is 403 g/mol. The third-order valence-corrected chi connectivity index (χ3v) is 6.99. The van der Waals surface area contributed by atoms with Crippen molar-refractivity contribution in [2.45, 2.75) is 32.1 Å². The summed E-state index contributed by atoms with van der Waals surface area (Å²) in [5, 5.41) is 19.1. The summed E-state index contributed by atoms with van der Waals surface area (Å²) in [7, 11) is 0. The standard InChI is InChI=1S/C27H21N3O/c1-3-27(2)22-10-6-7-17-13-14-30(25(17)22)23(27)12-11-21-24(18(15-28)16-29)19-8-4-5-9-20(19)26(21)31/h4-12H,3,13-14H2,1-2H3/b21-11-,23-12+. The molecule has 2 heterocycles. The molecule has 2 aromatic rings. The number of hydrogen-bond acceptors (Lipinski definition) is 4. The summed E-state index contributed by atoms with van der Waals surface area (Å²) in [6.45, 7) is 5.37. The molecule has 31 heavy (non-hydrogen) atoms. The molecule has 150 valence electrons. The van der Waals surface area contributed by atoms with Crippen molar-refractivity contribution in [2.24, 2.45) is 0 Å². The van der Waals surface area contributed by atoms with Crippen LogP contribution in [0.1, 0.15) is 47.3 Å². The largest absolute Gasteiger partial charge is 0.343 e. The summed E-state index contributed by atoms with van der Waals surface area (Å²) in [5.74, 6) is -0.138. The molecule has 0 bridgehead atoms. The van der Waals surface area contributed by atoms with Gasteiger partial charge in [0, 0.05) is 40.1 Å². The van der Waals surface area contributed by atoms with E-state index in [4.69, 9.17) is 0 Å². The van der Waals surface area contributed by atoms with Gasteiger partial charge in [0.15, 0.2) is 5.78 Å². The van der Waals surface area contributed by atoms with Gasteiger partial charge in [-0.1, -0.05) is 49.4 Å². The van der Waals surface area contributed by atoms with Crippen molar-refractivity contribution in [1.82, 2.24) is 0 Å². The molecule has 2 aromatic carbocycles. The molecule has 4 heteroatoms. The van der Waals surface area contributed by atoms with Crippen LogP contribution in [0.5, 0.6) is 0 Å². The van der Waals surface area contributed by atoms with Crippen LogP contribution < -0.4 is 4.90 Å². The molecular weight excluding hydrogens is 382 g/mol. The Hall–Kier alpha value is -3.89. The molecule has 0 radical (unpaired) electrons. The van der Waals surface area contributed by atoms with Gasteiger partial charge in [-0.2, -0.15) is 10.5 Å². The van der Waals surface area contributed by atoms with Gasteiger partial charge >= 0.3 is 0 Å². The van der Waals surface area contributed by atoms with Crippen LogP contribution >= 0.6 is 0 Å². The van der Waals surface area contributed by atoms with Gasteiger partial charge in [-0.05, 0) is 48.6 Å². The first-order chi connectivity index (χ1) is 15.0. The Balaban J connectivity index is 1.70. The summed E-state index contributed by atoms with van der Waals surface area (Å²) in [6.07, 6.45) is 5.80. The molecule has 0 saturated carbocycles. The fourth-order valence-corrected chi connectivity index (χ4v) is 5.25. The molecule has 1 unspecified atom stereocenters. The highest BCUT2D eigenvalue weighted by Gasteiger charge is 2.45. The van der Waals surface area contributed by atoms with Crippen molar-refractivity contribution < 1.29 is 4.79 Å². The van der Waals surface area contributed by atoms with E-state index in [9.17, 15) is 15.3 Å². The Labute approximate surface area is 182 Å². The minimum Gasteiger partial charge on any atom is -0.343 e. The molecule has 5 rings (SSSR count). The number of nitrogens with zero attached hydrogens (tertiary/aromatic N) is 3. The molecule has 0 saturated heterocycles. The lowest BCUT2D eigenvalue weighted by molar-refractivity contribution is 0.104. The number of anilines is 1. The normalized spacial score (nSPS) is 23.2. The van der Waals surface area contributed by atoms with Crippen LogP contribution in [0.4, 0.5) is 5.69 Å². The van der Waals surface area contributed by atoms with Crippen molar-refractivity contribution in [3.05, 3.63) is 93.7 Å². The second-order valence-electron chi connectivity index (χ2n) is 8.38. The molecule has 0 amide bonds. The number of Topliss-reactive ketones (excluding diaryl/α,β-unsaturated/α-hetero) is 1. The zero-order chi connectivity index (χ0) is 21.8. The highest BCUT2D eigenvalue weighted by Crippen LogP contribution is 2.53. The smallest absolute Gasteiger partial charge is 0.194 e. The number of nitriles is 2. The summed E-state index contributed by atoms with van der Waals surface area (Å²) in [4.78, 5) is 15.6. The fourth-order valence-electron chi connectivity index (χ4n) is 5.25. The third-order valence-electron chi connectivity index (χ3n) is 6.99. The molecular formula is C27H21N3O. The van der Waals surface area contributed by atoms with Crippen LogP contribution in [-0.4, -0.2) is 12.3 Å². The minimum absolute atomic E-state index is 0.0284. The lowest BCUT2D eigenvalue weighted by atomic mass is 9.78. The maximum Gasteiger partial charge on any atom is 0.194 e. The van der Waals surface area contributed by atoms with Crippen LogP contribution in [0.2, 0.25) is 0 Å². The Morgan fingerprint density at radius 1 is 1.10 bits per heavy atom. The van der Waals surface area contributed by atoms with Crippen molar-refractivity contribution in [3.63, 3.8) is 0 Å². The average molecular weight is 403 g/mol. The molecule has 3 aliphatic rings. The highest BCUT2D eigenvalue weighted by atomic mass is 16.1. The first-order valence-electron chi connectivity index (χ1n) is 10.6. The number of carbonyl (C=O) groups excluding carboxylic acids is 1. The van der Waals surface area contributed by atoms with E-state index in [1.165, 1.54) is 22.5 Å². The Bertz CT molecular complexity index is 1310. The fraction of sp³-hybridized carbons (Fsp3) is 0.222. The molecule has 0 aromatic heterocycles. The van der Waals surface area contributed by atoms with Crippen LogP contribution in [0, 0.1) is 22.7 Å². The van der Waals surface area contributed by atoms with Gasteiger partial charge in [0.05, 0.1) is 0 Å². The van der Waals surface area contributed by atoms with Crippen molar-refractivity contribution >= 4 is 17.0 Å². The lowest BCUT2D eigenvalue weighted by Gasteiger charge is -2.28. The molecule has 0 N–H and O–H groups in total. The van der Waals surface area contributed by atoms with E-state index < -0.39 is 0 Å². The molecule has 0 spiro atoms. The van der Waals surface area contributed by atoms with E-state index in [0.717, 1.165) is 19.4 Å². The minimum atomic E-state index is -0.144. The molecule has 2 aliphatic heterocycles. The number of ketones is 1. The van der Waals surface area contributed by atoms with Crippen molar-refractivity contribution in [2.75, 3.05) is 11.4 Å². The van der Waals surface area contributed by atoms with Crippen molar-refractivity contribution in [3.8, 4) is 12.1 Å². The summed E-state index contributed by atoms with van der Waals surface area (Å²) < 4.78 is 0. The summed E-state index contributed by atoms with van der Waals surface area (Å²) in [5.41, 5.74) is 7.07. The number of rotatable bonds is 2. The molecule has 1 atom stereocenters. The first-order valence-corrected chi connectivity index (χ1v) is 10.6. The zero-order valence-electron chi connectivity index (χ0n) is 17.6. The van der Waals surface area contributed by atoms with Crippen LogP contribution in [0.3, 0.4) is 0 Å². The van der Waals surface area contributed by atoms with Crippen LogP contribution in [-0.2, 0) is 11.8 Å². The Morgan fingerprint density at radius 2 is 1.84 bits per heavy atom. The molecule has 1 aliphatic carbocycles. The maximum absolute atomic E-state index is 13.2. The number of carbonyl (C=O) groups is 1. The second kappa shape index (κ2) is 6.83. The number of fused-ring (bicyclic) bond motifs is 1. The first kappa shape index (κ1) is 19.1. The van der Waals surface area contributed by atoms with E-state index in [2.05, 4.69) is 36.9 Å². The van der Waals surface area contributed by atoms with E-state index >= 15 is 0 Å². The van der Waals surface area contributed by atoms with Gasteiger partial charge < -0.3 is 4.90 Å². The van der Waals surface area contributed by atoms with Crippen LogP contribution in [0.15, 0.2) is 71.5 Å². The SMILES string of the molecule is CCC1(C)/C(=C\C=C2/C(=O)c3ccccc3C2=C(C#N)C#N)N2CCc3cccc1c32. The molecule has 0 fully saturated rings. The third kappa shape index (κ3) is 2.49. The van der Waals surface area contributed by atoms with Crippen LogP contribution in [0.25, 0.3) is 5.57 Å². The highest BCUT2D eigenvalue weighted by molar-refractivity contribution is 6.27. The van der Waals surface area contributed by atoms with Gasteiger partial charge in [0.1, 0.15) is 17.7 Å². The van der Waals surface area contributed by atoms with Gasteiger partial charge in [0.2, 0.25) is 0 Å². The van der Waals surface area contributed by atoms with Gasteiger partial charge in [-0.15, -0.1) is 0 Å². The number of allylic oxidation sites excluding steroid dienone is 6.